The molecule has 2 aliphatic rings. The molecule has 0 bridgehead atoms. The second kappa shape index (κ2) is 7.48. The number of carbonyl (C=O) groups excluding carboxylic acids is 2. The van der Waals surface area contributed by atoms with E-state index in [1.807, 2.05) is 24.3 Å². The van der Waals surface area contributed by atoms with Crippen molar-refractivity contribution in [1.82, 2.24) is 5.32 Å². The summed E-state index contributed by atoms with van der Waals surface area (Å²) < 4.78 is 0. The van der Waals surface area contributed by atoms with Crippen LogP contribution in [0.15, 0.2) is 24.3 Å². The van der Waals surface area contributed by atoms with Crippen molar-refractivity contribution in [3.63, 3.8) is 0 Å². The predicted molar refractivity (Wildman–Crippen MR) is 97.9 cm³/mol. The highest BCUT2D eigenvalue weighted by molar-refractivity contribution is 5.97. The lowest BCUT2D eigenvalue weighted by molar-refractivity contribution is -0.149. The van der Waals surface area contributed by atoms with Crippen molar-refractivity contribution in [2.24, 2.45) is 5.92 Å². The van der Waals surface area contributed by atoms with Crippen molar-refractivity contribution in [2.75, 3.05) is 11.4 Å². The van der Waals surface area contributed by atoms with Gasteiger partial charge in [0.1, 0.15) is 5.54 Å². The van der Waals surface area contributed by atoms with Gasteiger partial charge in [0.25, 0.3) is 0 Å². The molecule has 6 heteroatoms. The molecule has 1 fully saturated rings. The number of amides is 2. The summed E-state index contributed by atoms with van der Waals surface area (Å²) >= 11 is 0. The average Bonchev–Trinajstić information content (AvgIpc) is 2.63. The van der Waals surface area contributed by atoms with Gasteiger partial charge in [-0.15, -0.1) is 0 Å². The van der Waals surface area contributed by atoms with Gasteiger partial charge in [-0.3, -0.25) is 9.59 Å². The zero-order chi connectivity index (χ0) is 18.7. The Kier molecular flexibility index (Phi) is 5.30. The van der Waals surface area contributed by atoms with Crippen LogP contribution < -0.4 is 10.2 Å². The molecule has 2 N–H and O–H groups in total. The largest absolute Gasteiger partial charge is 0.480 e. The molecule has 0 saturated heterocycles. The Morgan fingerprint density at radius 2 is 1.92 bits per heavy atom. The van der Waals surface area contributed by atoms with Gasteiger partial charge >= 0.3 is 5.97 Å². The van der Waals surface area contributed by atoms with E-state index in [1.54, 1.807) is 4.90 Å². The SMILES string of the molecule is CC1CCC(NC(=O)CCN2C(=O)CCc3ccccc32)(C(=O)O)CC1. The second-order valence-electron chi connectivity index (χ2n) is 7.54. The van der Waals surface area contributed by atoms with Crippen LogP contribution in [0.3, 0.4) is 0 Å². The third kappa shape index (κ3) is 3.74. The minimum Gasteiger partial charge on any atom is -0.480 e. The molecule has 1 saturated carbocycles. The number of nitrogens with zero attached hydrogens (tertiary/aromatic N) is 1. The van der Waals surface area contributed by atoms with E-state index in [-0.39, 0.29) is 24.8 Å². The molecule has 2 amide bonds. The van der Waals surface area contributed by atoms with E-state index in [1.165, 1.54) is 0 Å². The molecule has 0 radical (unpaired) electrons. The van der Waals surface area contributed by atoms with Crippen molar-refractivity contribution in [1.29, 1.82) is 0 Å². The molecule has 0 atom stereocenters. The highest BCUT2D eigenvalue weighted by Gasteiger charge is 2.42. The minimum absolute atomic E-state index is 0.0101. The number of carboxylic acids is 1. The van der Waals surface area contributed by atoms with Gasteiger partial charge in [0, 0.05) is 25.1 Å². The van der Waals surface area contributed by atoms with Gasteiger partial charge in [0.15, 0.2) is 0 Å². The number of nitrogens with one attached hydrogen (secondary N) is 1. The van der Waals surface area contributed by atoms with E-state index in [0.29, 0.717) is 25.2 Å². The highest BCUT2D eigenvalue weighted by atomic mass is 16.4. The Morgan fingerprint density at radius 1 is 1.23 bits per heavy atom. The third-order valence-electron chi connectivity index (χ3n) is 5.67. The summed E-state index contributed by atoms with van der Waals surface area (Å²) in [6.07, 6.45) is 3.77. The molecule has 1 aromatic carbocycles. The van der Waals surface area contributed by atoms with Gasteiger partial charge in [0.2, 0.25) is 11.8 Å². The fourth-order valence-electron chi connectivity index (χ4n) is 3.93. The van der Waals surface area contributed by atoms with Gasteiger partial charge in [-0.1, -0.05) is 25.1 Å². The van der Waals surface area contributed by atoms with E-state index in [2.05, 4.69) is 12.2 Å². The molecule has 3 rings (SSSR count). The number of anilines is 1. The van der Waals surface area contributed by atoms with E-state index in [4.69, 9.17) is 0 Å². The Bertz CT molecular complexity index is 708. The molecule has 0 spiro atoms. The summed E-state index contributed by atoms with van der Waals surface area (Å²) in [5.74, 6) is -0.771. The number of fused-ring (bicyclic) bond motifs is 1. The Balaban J connectivity index is 1.64. The maximum atomic E-state index is 12.5. The monoisotopic (exact) mass is 358 g/mol. The van der Waals surface area contributed by atoms with Crippen molar-refractivity contribution in [2.45, 2.75) is 57.4 Å². The Labute approximate surface area is 153 Å². The van der Waals surface area contributed by atoms with Crippen molar-refractivity contribution in [3.8, 4) is 0 Å². The van der Waals surface area contributed by atoms with Crippen LogP contribution in [0.25, 0.3) is 0 Å². The van der Waals surface area contributed by atoms with E-state index < -0.39 is 11.5 Å². The van der Waals surface area contributed by atoms with Gasteiger partial charge in [0.05, 0.1) is 0 Å². The molecule has 6 nitrogen and oxygen atoms in total. The summed E-state index contributed by atoms with van der Waals surface area (Å²) in [5.41, 5.74) is 0.805. The van der Waals surface area contributed by atoms with Gasteiger partial charge in [-0.2, -0.15) is 0 Å². The zero-order valence-corrected chi connectivity index (χ0v) is 15.2. The lowest BCUT2D eigenvalue weighted by atomic mass is 9.77. The van der Waals surface area contributed by atoms with Gasteiger partial charge in [-0.25, -0.2) is 4.79 Å². The van der Waals surface area contributed by atoms with Crippen LogP contribution in [-0.2, 0) is 20.8 Å². The first kappa shape index (κ1) is 18.4. The molecule has 140 valence electrons. The molecule has 1 aromatic rings. The normalized spacial score (nSPS) is 25.5. The summed E-state index contributed by atoms with van der Waals surface area (Å²) in [7, 11) is 0. The zero-order valence-electron chi connectivity index (χ0n) is 15.2. The summed E-state index contributed by atoms with van der Waals surface area (Å²) in [6, 6.07) is 7.72. The predicted octanol–water partition coefficient (Wildman–Crippen LogP) is 2.51. The fourth-order valence-corrected chi connectivity index (χ4v) is 3.93. The fraction of sp³-hybridized carbons (Fsp3) is 0.550. The van der Waals surface area contributed by atoms with Crippen LogP contribution in [0, 0.1) is 5.92 Å². The van der Waals surface area contributed by atoms with E-state index in [0.717, 1.165) is 30.5 Å². The van der Waals surface area contributed by atoms with Gasteiger partial charge in [-0.05, 0) is 49.7 Å². The second-order valence-corrected chi connectivity index (χ2v) is 7.54. The molecule has 0 unspecified atom stereocenters. The van der Waals surface area contributed by atoms with Gasteiger partial charge < -0.3 is 15.3 Å². The highest BCUT2D eigenvalue weighted by Crippen LogP contribution is 2.32. The number of carboxylic acid groups (broad SMARTS) is 1. The number of aryl methyl sites for hydroxylation is 1. The van der Waals surface area contributed by atoms with Crippen molar-refractivity contribution >= 4 is 23.5 Å². The van der Waals surface area contributed by atoms with Crippen LogP contribution in [0.2, 0.25) is 0 Å². The molecule has 0 aromatic heterocycles. The van der Waals surface area contributed by atoms with Crippen LogP contribution >= 0.6 is 0 Å². The van der Waals surface area contributed by atoms with Crippen LogP contribution in [0.4, 0.5) is 5.69 Å². The van der Waals surface area contributed by atoms with Crippen molar-refractivity contribution in [3.05, 3.63) is 29.8 Å². The smallest absolute Gasteiger partial charge is 0.329 e. The summed E-state index contributed by atoms with van der Waals surface area (Å²) in [6.45, 7) is 2.38. The maximum absolute atomic E-state index is 12.5. The summed E-state index contributed by atoms with van der Waals surface area (Å²) in [5, 5.41) is 12.4. The molecule has 1 aliphatic carbocycles. The van der Waals surface area contributed by atoms with Crippen LogP contribution in [-0.4, -0.2) is 35.0 Å². The first-order valence-electron chi connectivity index (χ1n) is 9.34. The van der Waals surface area contributed by atoms with Crippen LogP contribution in [0.5, 0.6) is 0 Å². The van der Waals surface area contributed by atoms with E-state index in [9.17, 15) is 19.5 Å². The topological polar surface area (TPSA) is 86.7 Å². The Morgan fingerprint density at radius 3 is 2.62 bits per heavy atom. The van der Waals surface area contributed by atoms with Crippen molar-refractivity contribution < 1.29 is 19.5 Å². The molecular weight excluding hydrogens is 332 g/mol. The molecular formula is C20H26N2O4. The van der Waals surface area contributed by atoms with E-state index >= 15 is 0 Å². The van der Waals surface area contributed by atoms with Crippen LogP contribution in [0.1, 0.15) is 51.0 Å². The first-order valence-corrected chi connectivity index (χ1v) is 9.34. The quantitative estimate of drug-likeness (QED) is 0.847. The number of aliphatic carboxylic acids is 1. The minimum atomic E-state index is -1.16. The number of carbonyl (C=O) groups is 3. The lowest BCUT2D eigenvalue weighted by Gasteiger charge is -2.36. The number of para-hydroxylation sites is 1. The number of benzene rings is 1. The Hall–Kier alpha value is -2.37. The number of rotatable bonds is 5. The number of hydrogen-bond donors (Lipinski definition) is 2. The average molecular weight is 358 g/mol. The summed E-state index contributed by atoms with van der Waals surface area (Å²) in [4.78, 5) is 38.1. The third-order valence-corrected chi connectivity index (χ3v) is 5.67. The molecule has 1 heterocycles. The maximum Gasteiger partial charge on any atom is 0.329 e. The standard InChI is InChI=1S/C20H26N2O4/c1-14-8-11-20(12-9-14,19(25)26)21-17(23)10-13-22-16-5-3-2-4-15(16)6-7-18(22)24/h2-5,14H,6-13H2,1H3,(H,21,23)(H,25,26). The molecule has 26 heavy (non-hydrogen) atoms. The number of hydrogen-bond acceptors (Lipinski definition) is 3. The molecule has 1 aliphatic heterocycles. The lowest BCUT2D eigenvalue weighted by Crippen LogP contribution is -2.56. The first-order chi connectivity index (χ1) is 12.4.